The second-order valence-electron chi connectivity index (χ2n) is 29.3. The maximum Gasteiger partial charge on any atom is 0.325 e. The normalized spacial score (nSPS) is 36.1. The average Bonchev–Trinajstić information content (AvgIpc) is 0.777. The highest BCUT2D eigenvalue weighted by molar-refractivity contribution is 7.51. The molecule has 6 aliphatic heterocycles. The van der Waals surface area contributed by atoms with E-state index in [0.29, 0.717) is 42.6 Å². The van der Waals surface area contributed by atoms with Crippen LogP contribution in [0.25, 0.3) is 11.1 Å². The van der Waals surface area contributed by atoms with Gasteiger partial charge in [-0.15, -0.1) is 0 Å². The fraction of sp³-hybridized carbons (Fsp3) is 0.767. The molecule has 43 heteroatoms. The third-order valence-electron chi connectivity index (χ3n) is 20.3. The van der Waals surface area contributed by atoms with E-state index in [9.17, 15) is 125 Å². The van der Waals surface area contributed by atoms with Gasteiger partial charge in [-0.1, -0.05) is 31.4 Å². The number of unbranched alkanes of at least 4 members (excludes halogenated alkanes) is 6. The summed E-state index contributed by atoms with van der Waals surface area (Å²) in [7, 11) is -3.61. The van der Waals surface area contributed by atoms with E-state index in [1.165, 1.54) is 6.07 Å². The van der Waals surface area contributed by atoms with Gasteiger partial charge in [-0.3, -0.25) is 28.5 Å². The minimum Gasteiger partial charge on any atom is -0.486 e. The van der Waals surface area contributed by atoms with Gasteiger partial charge in [0.05, 0.1) is 46.2 Å². The molecule has 2 amide bonds. The molecule has 42 nitrogen and oxygen atoms in total. The highest BCUT2D eigenvalue weighted by Crippen LogP contribution is 2.39. The van der Waals surface area contributed by atoms with Crippen molar-refractivity contribution in [3.63, 3.8) is 0 Å². The Morgan fingerprint density at radius 2 is 0.741 bits per heavy atom. The van der Waals surface area contributed by atoms with Crippen LogP contribution >= 0.6 is 7.60 Å². The van der Waals surface area contributed by atoms with Gasteiger partial charge in [0.1, 0.15) is 171 Å². The minimum atomic E-state index is -3.61. The fourth-order valence-corrected chi connectivity index (χ4v) is 14.4. The number of carbonyl (C=O) groups is 5. The van der Waals surface area contributed by atoms with Crippen LogP contribution in [-0.4, -0.2) is 389 Å². The predicted octanol–water partition coefficient (Wildman–Crippen LogP) is -6.84. The molecule has 6 aliphatic rings. The molecule has 6 saturated heterocycles. The summed E-state index contributed by atoms with van der Waals surface area (Å²) >= 11 is 0. The molecule has 13 unspecified atom stereocenters. The maximum atomic E-state index is 13.8. The number of amides is 2. The first-order chi connectivity index (χ1) is 55.2. The van der Waals surface area contributed by atoms with Crippen LogP contribution in [0, 0.1) is 0 Å². The van der Waals surface area contributed by atoms with Crippen LogP contribution in [0.4, 0.5) is 0 Å². The van der Waals surface area contributed by atoms with Gasteiger partial charge in [0, 0.05) is 58.6 Å². The largest absolute Gasteiger partial charge is 0.486 e. The summed E-state index contributed by atoms with van der Waals surface area (Å²) in [4.78, 5) is 74.7. The van der Waals surface area contributed by atoms with Gasteiger partial charge in [0.2, 0.25) is 11.8 Å². The molecule has 116 heavy (non-hydrogen) atoms. The number of aliphatic hydroxyl groups is 18. The highest BCUT2D eigenvalue weighted by atomic mass is 31.2. The number of hydrogen-bond acceptors (Lipinski definition) is 39. The van der Waals surface area contributed by atoms with Crippen LogP contribution in [0.5, 0.6) is 11.5 Å². The topological polar surface area (TPSA) is 649 Å². The van der Waals surface area contributed by atoms with Crippen molar-refractivity contribution in [3.8, 4) is 22.6 Å². The molecule has 2 aromatic rings. The number of hydrogen-bond donors (Lipinski definition) is 21. The molecular formula is C73H113N2O40P. The zero-order valence-electron chi connectivity index (χ0n) is 64.1. The molecule has 6 fully saturated rings. The fourth-order valence-electron chi connectivity index (χ4n) is 13.9. The number of carbonyl (C=O) groups excluding carboxylic acids is 5. The monoisotopic (exact) mass is 1690 g/mol. The van der Waals surface area contributed by atoms with Crippen LogP contribution in [0.2, 0.25) is 0 Å². The lowest BCUT2D eigenvalue weighted by molar-refractivity contribution is -0.376. The Hall–Kier alpha value is -5.06. The summed E-state index contributed by atoms with van der Waals surface area (Å²) in [6.45, 7) is -2.64. The molecule has 0 radical (unpaired) electrons. The van der Waals surface area contributed by atoms with Crippen LogP contribution in [0.1, 0.15) is 101 Å². The Balaban J connectivity index is 0.815. The van der Waals surface area contributed by atoms with Crippen molar-refractivity contribution >= 4 is 36.8 Å². The van der Waals surface area contributed by atoms with Crippen LogP contribution < -0.4 is 20.1 Å². The molecule has 8 rings (SSSR count). The zero-order chi connectivity index (χ0) is 84.8. The molecule has 21 N–H and O–H groups in total. The van der Waals surface area contributed by atoms with Crippen molar-refractivity contribution in [2.24, 2.45) is 0 Å². The lowest BCUT2D eigenvalue weighted by Crippen LogP contribution is -2.68. The number of Topliss-reactive ketones (excluding diaryl/α,β-unsaturated/α-hetero) is 3. The van der Waals surface area contributed by atoms with Crippen LogP contribution in [-0.2, 0) is 85.1 Å². The molecule has 0 saturated carbocycles. The summed E-state index contributed by atoms with van der Waals surface area (Å²) in [5, 5.41) is 196. The average molecular weight is 1690 g/mol. The van der Waals surface area contributed by atoms with Gasteiger partial charge >= 0.3 is 7.60 Å². The molecule has 0 aromatic heterocycles. The third-order valence-corrected chi connectivity index (χ3v) is 21.0. The summed E-state index contributed by atoms with van der Waals surface area (Å²) < 4.78 is 97.2. The smallest absolute Gasteiger partial charge is 0.325 e. The number of nitrogens with one attached hydrogen (secondary N) is 2. The Kier molecular flexibility index (Phi) is 38.4. The minimum absolute atomic E-state index is 0.0195. The van der Waals surface area contributed by atoms with Gasteiger partial charge in [0.15, 0.2) is 55.1 Å². The van der Waals surface area contributed by atoms with Crippen molar-refractivity contribution in [1.82, 2.24) is 10.6 Å². The van der Waals surface area contributed by atoms with Gasteiger partial charge in [-0.25, -0.2) is 0 Å². The van der Waals surface area contributed by atoms with Gasteiger partial charge in [-0.2, -0.15) is 0 Å². The summed E-state index contributed by atoms with van der Waals surface area (Å²) in [5.74, 6) is -1.69. The van der Waals surface area contributed by atoms with Crippen molar-refractivity contribution < 1.29 is 196 Å². The SMILES string of the molecule is CC(=O)NC1[C@H](OCCCCC(=O)COc2ccc(-c3cc(OCC(=O)CCCCO[C@@H]4OC(CO)[C@@H](O[C@@H]5OC(CO)[C@H](O)[C@H](O[C@H]6OC(CO)[C@H](O)[C@H](O)C6O)C5O)[C@H](O)C4NC(C)=O)cc(C(=O)CCCCCCCOP(C)(=O)O)c3)cc2)OC(CO)[C@@H](O[C@@H]2OC(CO)[C@H](O)[C@H](O[C@H]3OC(CO)[C@H](O)[C@H](O)C3O)C2O)[C@@H]1O. The molecule has 0 aliphatic carbocycles. The van der Waals surface area contributed by atoms with Crippen molar-refractivity contribution in [2.45, 2.75) is 275 Å². The van der Waals surface area contributed by atoms with E-state index >= 15 is 0 Å². The van der Waals surface area contributed by atoms with Gasteiger partial charge in [0.25, 0.3) is 0 Å². The Labute approximate surface area is 666 Å². The van der Waals surface area contributed by atoms with Gasteiger partial charge in [-0.05, 0) is 80.0 Å². The zero-order valence-corrected chi connectivity index (χ0v) is 65.0. The first-order valence-electron chi connectivity index (χ1n) is 38.4. The second kappa shape index (κ2) is 46.3. The number of ketones is 3. The van der Waals surface area contributed by atoms with E-state index in [-0.39, 0.29) is 100 Å². The molecule has 0 bridgehead atoms. The molecule has 0 spiro atoms. The number of aliphatic hydroxyl groups excluding tert-OH is 18. The van der Waals surface area contributed by atoms with Crippen LogP contribution in [0.3, 0.4) is 0 Å². The predicted molar refractivity (Wildman–Crippen MR) is 387 cm³/mol. The van der Waals surface area contributed by atoms with Crippen molar-refractivity contribution in [3.05, 3.63) is 48.0 Å². The molecule has 6 heterocycles. The lowest BCUT2D eigenvalue weighted by atomic mass is 9.95. The molecule has 2 aromatic carbocycles. The summed E-state index contributed by atoms with van der Waals surface area (Å²) in [6, 6.07) is 8.61. The Morgan fingerprint density at radius 1 is 0.379 bits per heavy atom. The van der Waals surface area contributed by atoms with E-state index in [0.717, 1.165) is 26.9 Å². The van der Waals surface area contributed by atoms with E-state index in [1.54, 1.807) is 36.4 Å². The number of benzene rings is 2. The van der Waals surface area contributed by atoms with E-state index < -0.39 is 250 Å². The number of rotatable bonds is 45. The van der Waals surface area contributed by atoms with E-state index in [2.05, 4.69) is 10.6 Å². The van der Waals surface area contributed by atoms with Crippen LogP contribution in [0.15, 0.2) is 42.5 Å². The number of ether oxygens (including phenoxy) is 14. The second-order valence-corrected chi connectivity index (χ2v) is 31.1. The quantitative estimate of drug-likeness (QED) is 0.0166. The van der Waals surface area contributed by atoms with Crippen molar-refractivity contribution in [1.29, 1.82) is 0 Å². The molecule has 31 atom stereocenters. The molecular weight excluding hydrogens is 1580 g/mol. The summed E-state index contributed by atoms with van der Waals surface area (Å²) in [5.41, 5.74) is 1.41. The van der Waals surface area contributed by atoms with E-state index in [4.69, 9.17) is 70.8 Å². The maximum absolute atomic E-state index is 13.8. The standard InChI is InChI=1S/C73H113N2O40P/c1-34(82)74-50-56(91)64(112-72-62(97)66(54(89)46(28-78)108-72)114-70-60(95)58(93)52(87)44(26-76)106-70)48(30-80)110-68(50)101-20-11-8-13-39(84)32-103-41-18-16-36(17-19-41)37-23-38(43(86)15-7-5-4-6-10-22-105-116(3,99)100)25-42(24-37)104-33-40(85)14-9-12-21-102-69-51(75-35(2)83)57(92)65(49(31-81)111-69)113-73-63(98)67(55(90)47(29-79)109-73)115-71-61(96)59(94)53(88)45(27-77)107-71/h16-19,23-25,44-73,76-81,87-98H,4-15,20-22,26-33H2,1-3H3,(H,74,82)(H,75,83)(H,99,100)/t44?,45?,46?,47?,48?,49?,50?,51?,52-,53-,54-,55-,56+,57+,58-,59-,60?,61?,62?,63?,64+,65+,66-,67-,68+,69+,70+,71+,72-,73-/m0/s1. The van der Waals surface area contributed by atoms with Gasteiger partial charge < -0.3 is 178 Å². The first kappa shape index (κ1) is 96.4. The summed E-state index contributed by atoms with van der Waals surface area (Å²) in [6.07, 6.45) is -44.5. The first-order valence-corrected chi connectivity index (χ1v) is 40.4. The Morgan fingerprint density at radius 3 is 1.16 bits per heavy atom. The van der Waals surface area contributed by atoms with Crippen molar-refractivity contribution in [2.75, 3.05) is 79.3 Å². The highest BCUT2D eigenvalue weighted by Gasteiger charge is 2.57. The third kappa shape index (κ3) is 26.5. The molecule has 660 valence electrons. The van der Waals surface area contributed by atoms with E-state index in [1.807, 2.05) is 0 Å². The Bertz CT molecular complexity index is 3400. The lowest BCUT2D eigenvalue weighted by Gasteiger charge is -2.48.